The molecule has 9 heteroatoms. The van der Waals surface area contributed by atoms with Crippen LogP contribution in [0.5, 0.6) is 0 Å². The van der Waals surface area contributed by atoms with Crippen LogP contribution in [0.4, 0.5) is 4.39 Å². The molecule has 1 N–H and O–H groups in total. The molecule has 0 radical (unpaired) electrons. The van der Waals surface area contributed by atoms with E-state index in [0.29, 0.717) is 35.1 Å². The highest BCUT2D eigenvalue weighted by atomic mass is 35.5. The largest absolute Gasteiger partial charge is 0.352 e. The molecule has 1 amide bonds. The number of benzene rings is 1. The van der Waals surface area contributed by atoms with Crippen molar-refractivity contribution in [3.63, 3.8) is 0 Å². The molecule has 7 nitrogen and oxygen atoms in total. The summed E-state index contributed by atoms with van der Waals surface area (Å²) in [5, 5.41) is 15.8. The van der Waals surface area contributed by atoms with Gasteiger partial charge >= 0.3 is 0 Å². The highest BCUT2D eigenvalue weighted by Crippen LogP contribution is 2.24. The second-order valence-corrected chi connectivity index (χ2v) is 6.96. The lowest BCUT2D eigenvalue weighted by molar-refractivity contribution is -0.116. The van der Waals surface area contributed by atoms with Crippen LogP contribution in [-0.4, -0.2) is 36.8 Å². The van der Waals surface area contributed by atoms with E-state index < -0.39 is 0 Å². The molecule has 0 aliphatic rings. The van der Waals surface area contributed by atoms with Crippen LogP contribution in [0.15, 0.2) is 54.7 Å². The Balaban J connectivity index is 1.40. The first-order valence-corrected chi connectivity index (χ1v) is 9.66. The number of aromatic nitrogens is 5. The predicted octanol–water partition coefficient (Wildman–Crippen LogP) is 3.39. The number of hydrogen-bond donors (Lipinski definition) is 1. The third kappa shape index (κ3) is 4.08. The van der Waals surface area contributed by atoms with Gasteiger partial charge in [-0.15, -0.1) is 10.2 Å². The lowest BCUT2D eigenvalue weighted by Gasteiger charge is -2.03. The Morgan fingerprint density at radius 1 is 1.20 bits per heavy atom. The molecule has 0 atom stereocenters. The van der Waals surface area contributed by atoms with Crippen LogP contribution in [0.25, 0.3) is 17.4 Å². The summed E-state index contributed by atoms with van der Waals surface area (Å²) >= 11 is 6.42. The van der Waals surface area contributed by atoms with E-state index in [-0.39, 0.29) is 11.7 Å². The molecule has 3 aromatic heterocycles. The van der Waals surface area contributed by atoms with Gasteiger partial charge in [-0.1, -0.05) is 17.7 Å². The summed E-state index contributed by atoms with van der Waals surface area (Å²) in [6.07, 6.45) is 5.46. The van der Waals surface area contributed by atoms with Crippen LogP contribution < -0.4 is 5.32 Å². The number of nitrogens with one attached hydrogen (secondary N) is 1. The Hall–Kier alpha value is -3.52. The van der Waals surface area contributed by atoms with Crippen LogP contribution in [0.2, 0.25) is 5.15 Å². The van der Waals surface area contributed by atoms with E-state index >= 15 is 0 Å². The number of hydrogen-bond acceptors (Lipinski definition) is 4. The molecule has 0 spiro atoms. The van der Waals surface area contributed by atoms with Gasteiger partial charge in [0.15, 0.2) is 5.65 Å². The lowest BCUT2D eigenvalue weighted by Crippen LogP contribution is -2.24. The van der Waals surface area contributed by atoms with Crippen molar-refractivity contribution >= 4 is 29.2 Å². The van der Waals surface area contributed by atoms with Gasteiger partial charge in [0, 0.05) is 30.8 Å². The highest BCUT2D eigenvalue weighted by Gasteiger charge is 2.13. The summed E-state index contributed by atoms with van der Waals surface area (Å²) in [5.41, 5.74) is 2.68. The smallest absolute Gasteiger partial charge is 0.244 e. The summed E-state index contributed by atoms with van der Waals surface area (Å²) < 4.78 is 16.5. The topological polar surface area (TPSA) is 77.1 Å². The van der Waals surface area contributed by atoms with Crippen LogP contribution >= 0.6 is 11.6 Å². The van der Waals surface area contributed by atoms with Gasteiger partial charge in [-0.2, -0.15) is 5.10 Å². The van der Waals surface area contributed by atoms with Crippen LogP contribution in [-0.2, 0) is 11.2 Å². The second kappa shape index (κ2) is 8.46. The van der Waals surface area contributed by atoms with Crippen molar-refractivity contribution in [1.82, 2.24) is 29.7 Å². The van der Waals surface area contributed by atoms with E-state index in [1.165, 1.54) is 22.9 Å². The maximum Gasteiger partial charge on any atom is 0.244 e. The molecule has 1 aromatic carbocycles. The zero-order valence-electron chi connectivity index (χ0n) is 16.1. The first-order chi connectivity index (χ1) is 14.5. The minimum atomic E-state index is -0.338. The summed E-state index contributed by atoms with van der Waals surface area (Å²) in [7, 11) is 0. The molecule has 4 aromatic rings. The molecule has 0 fully saturated rings. The lowest BCUT2D eigenvalue weighted by atomic mass is 10.2. The van der Waals surface area contributed by atoms with E-state index in [4.69, 9.17) is 11.6 Å². The quantitative estimate of drug-likeness (QED) is 0.481. The molecule has 0 unspecified atom stereocenters. The third-order valence-corrected chi connectivity index (χ3v) is 4.92. The van der Waals surface area contributed by atoms with Crippen LogP contribution in [0.3, 0.4) is 0 Å². The zero-order valence-corrected chi connectivity index (χ0v) is 16.8. The number of pyridine rings is 1. The van der Waals surface area contributed by atoms with E-state index in [0.717, 1.165) is 11.5 Å². The van der Waals surface area contributed by atoms with Gasteiger partial charge in [-0.3, -0.25) is 9.20 Å². The normalized spacial score (nSPS) is 11.4. The Labute approximate surface area is 176 Å². The van der Waals surface area contributed by atoms with Crippen molar-refractivity contribution in [2.45, 2.75) is 13.3 Å². The second-order valence-electron chi connectivity index (χ2n) is 6.60. The molecular formula is C21H18ClFN6O. The minimum absolute atomic E-state index is 0.256. The average Bonchev–Trinajstić information content (AvgIpc) is 3.28. The fourth-order valence-electron chi connectivity index (χ4n) is 3.03. The summed E-state index contributed by atoms with van der Waals surface area (Å²) in [6, 6.07) is 11.5. The number of amides is 1. The maximum absolute atomic E-state index is 13.1. The van der Waals surface area contributed by atoms with E-state index in [9.17, 15) is 9.18 Å². The van der Waals surface area contributed by atoms with Gasteiger partial charge in [0.25, 0.3) is 0 Å². The van der Waals surface area contributed by atoms with Gasteiger partial charge < -0.3 is 5.32 Å². The van der Waals surface area contributed by atoms with Gasteiger partial charge in [-0.25, -0.2) is 9.07 Å². The molecular weight excluding hydrogens is 407 g/mol. The summed E-state index contributed by atoms with van der Waals surface area (Å²) in [5.74, 6) is 0.179. The Morgan fingerprint density at radius 2 is 2.00 bits per heavy atom. The molecule has 0 bridgehead atoms. The number of nitrogens with zero attached hydrogens (tertiary/aromatic N) is 5. The molecule has 4 rings (SSSR count). The maximum atomic E-state index is 13.1. The first-order valence-electron chi connectivity index (χ1n) is 9.28. The number of fused-ring (bicyclic) bond motifs is 1. The minimum Gasteiger partial charge on any atom is -0.352 e. The number of carbonyl (C=O) groups excluding carboxylic acids is 1. The SMILES string of the molecule is Cc1nn(-c2ccc(F)cc2)c(Cl)c1/C=C/C(=O)NCCc1nnc2ccccn12. The highest BCUT2D eigenvalue weighted by molar-refractivity contribution is 6.31. The monoisotopic (exact) mass is 424 g/mol. The standard InChI is InChI=1S/C21H18ClFN6O/c1-14-17(21(22)29(27-14)16-7-5-15(23)6-8-16)9-10-20(30)24-12-11-19-26-25-18-4-2-3-13-28(18)19/h2-10,13H,11-12H2,1H3,(H,24,30)/b10-9+. The third-order valence-electron chi connectivity index (χ3n) is 4.55. The number of aryl methyl sites for hydroxylation is 1. The summed E-state index contributed by atoms with van der Waals surface area (Å²) in [4.78, 5) is 12.2. The van der Waals surface area contributed by atoms with Gasteiger partial charge in [0.1, 0.15) is 16.8 Å². The molecule has 0 aliphatic heterocycles. The average molecular weight is 425 g/mol. The number of carbonyl (C=O) groups is 1. The van der Waals surface area contributed by atoms with Crippen LogP contribution in [0, 0.1) is 12.7 Å². The van der Waals surface area contributed by atoms with Crippen molar-refractivity contribution in [2.75, 3.05) is 6.54 Å². The van der Waals surface area contributed by atoms with Gasteiger partial charge in [0.05, 0.1) is 11.4 Å². The zero-order chi connectivity index (χ0) is 21.1. The van der Waals surface area contributed by atoms with Crippen molar-refractivity contribution in [1.29, 1.82) is 0 Å². The van der Waals surface area contributed by atoms with Crippen molar-refractivity contribution < 1.29 is 9.18 Å². The molecule has 152 valence electrons. The Kier molecular flexibility index (Phi) is 5.58. The van der Waals surface area contributed by atoms with Crippen LogP contribution in [0.1, 0.15) is 17.1 Å². The fourth-order valence-corrected chi connectivity index (χ4v) is 3.37. The Morgan fingerprint density at radius 3 is 2.80 bits per heavy atom. The molecule has 30 heavy (non-hydrogen) atoms. The van der Waals surface area contributed by atoms with Gasteiger partial charge in [-0.05, 0) is 49.4 Å². The van der Waals surface area contributed by atoms with Gasteiger partial charge in [0.2, 0.25) is 5.91 Å². The van der Waals surface area contributed by atoms with Crippen molar-refractivity contribution in [2.24, 2.45) is 0 Å². The van der Waals surface area contributed by atoms with E-state index in [2.05, 4.69) is 20.6 Å². The van der Waals surface area contributed by atoms with Crippen molar-refractivity contribution in [3.05, 3.63) is 82.8 Å². The van der Waals surface area contributed by atoms with E-state index in [1.807, 2.05) is 28.8 Å². The molecule has 3 heterocycles. The number of rotatable bonds is 6. The molecule has 0 saturated carbocycles. The Bertz CT molecular complexity index is 1230. The first kappa shape index (κ1) is 19.8. The number of halogens is 2. The molecule has 0 saturated heterocycles. The fraction of sp³-hybridized carbons (Fsp3) is 0.143. The van der Waals surface area contributed by atoms with Crippen molar-refractivity contribution in [3.8, 4) is 5.69 Å². The predicted molar refractivity (Wildman–Crippen MR) is 112 cm³/mol. The van der Waals surface area contributed by atoms with E-state index in [1.54, 1.807) is 25.1 Å². The molecule has 0 aliphatic carbocycles. The summed E-state index contributed by atoms with van der Waals surface area (Å²) in [6.45, 7) is 2.21.